The van der Waals surface area contributed by atoms with Crippen molar-refractivity contribution in [3.05, 3.63) is 0 Å². The van der Waals surface area contributed by atoms with Crippen LogP contribution in [0.25, 0.3) is 0 Å². The highest BCUT2D eigenvalue weighted by atomic mass is 127. The summed E-state index contributed by atoms with van der Waals surface area (Å²) in [4.78, 5) is 137. The molecule has 490 valence electrons. The lowest BCUT2D eigenvalue weighted by Crippen LogP contribution is -2.60. The van der Waals surface area contributed by atoms with E-state index >= 15 is 0 Å². The van der Waals surface area contributed by atoms with Crippen molar-refractivity contribution < 1.29 is 72.7 Å². The fourth-order valence-electron chi connectivity index (χ4n) is 10.7. The van der Waals surface area contributed by atoms with Crippen molar-refractivity contribution in [2.45, 2.75) is 234 Å². The number of aliphatic hydroxyl groups is 1. The van der Waals surface area contributed by atoms with Gasteiger partial charge in [0, 0.05) is 59.8 Å². The number of alkyl halides is 1. The number of amides is 8. The number of likely N-dealkylation sites (N-methyl/N-ethyl adjacent to an activating group) is 2. The Hall–Kier alpha value is -4.42. The fraction of sp³-hybridized carbons (Fsp3) is 0.828. The molecule has 0 saturated carbocycles. The molecule has 27 heteroatoms. The largest absolute Gasteiger partial charge is 0.481 e. The van der Waals surface area contributed by atoms with Crippen molar-refractivity contribution >= 4 is 93.5 Å². The van der Waals surface area contributed by atoms with Gasteiger partial charge < -0.3 is 77.5 Å². The molecule has 85 heavy (non-hydrogen) atoms. The summed E-state index contributed by atoms with van der Waals surface area (Å²) in [6, 6.07) is -7.84. The summed E-state index contributed by atoms with van der Waals surface area (Å²) in [7, 11) is 6.28. The number of thioether (sulfide) groups is 1. The first-order chi connectivity index (χ1) is 39.8. The maximum absolute atomic E-state index is 14.5. The van der Waals surface area contributed by atoms with Gasteiger partial charge in [-0.15, -0.1) is 11.8 Å². The van der Waals surface area contributed by atoms with Gasteiger partial charge in [0.15, 0.2) is 0 Å². The molecule has 1 saturated heterocycles. The maximum Gasteiger partial charge on any atom is 0.317 e. The predicted octanol–water partition coefficient (Wildman–Crippen LogP) is 2.66. The van der Waals surface area contributed by atoms with Crippen LogP contribution in [0.15, 0.2) is 0 Å². The number of unbranched alkanes of at least 4 members (excludes halogenated alkanes) is 2. The Bertz CT molecular complexity index is 2160. The van der Waals surface area contributed by atoms with Gasteiger partial charge in [0.1, 0.15) is 29.4 Å². The molecule has 0 aliphatic carbocycles. The van der Waals surface area contributed by atoms with Crippen molar-refractivity contribution in [3.8, 4) is 0 Å². The van der Waals surface area contributed by atoms with E-state index in [0.717, 1.165) is 43.9 Å². The second-order valence-electron chi connectivity index (χ2n) is 23.3. The predicted molar refractivity (Wildman–Crippen MR) is 334 cm³/mol. The number of carbonyl (C=O) groups excluding carboxylic acids is 8. The van der Waals surface area contributed by atoms with Crippen molar-refractivity contribution in [2.75, 3.05) is 47.9 Å². The minimum absolute atomic E-state index is 0.0314. The number of hydrogen-bond donors (Lipinski definition) is 11. The van der Waals surface area contributed by atoms with E-state index in [2.05, 4.69) is 66.7 Å². The van der Waals surface area contributed by atoms with E-state index in [0.29, 0.717) is 32.2 Å². The van der Waals surface area contributed by atoms with Crippen molar-refractivity contribution in [1.82, 2.24) is 47.0 Å². The Balaban J connectivity index is 3.24. The number of rotatable bonds is 42. The molecule has 5 unspecified atom stereocenters. The van der Waals surface area contributed by atoms with Crippen LogP contribution in [0.4, 0.5) is 0 Å². The maximum atomic E-state index is 14.5. The number of hydrogen-bond acceptors (Lipinski definition) is 16. The summed E-state index contributed by atoms with van der Waals surface area (Å²) in [5.41, 5.74) is 5.80. The smallest absolute Gasteiger partial charge is 0.317 e. The molecule has 0 aromatic heterocycles. The third kappa shape index (κ3) is 26.1. The van der Waals surface area contributed by atoms with Gasteiger partial charge in [-0.25, -0.2) is 0 Å². The molecule has 0 aromatic carbocycles. The molecule has 1 aliphatic heterocycles. The highest BCUT2D eigenvalue weighted by Crippen LogP contribution is 2.41. The summed E-state index contributed by atoms with van der Waals surface area (Å²) in [5, 5.41) is 47.9. The van der Waals surface area contributed by atoms with Gasteiger partial charge in [0.2, 0.25) is 47.3 Å². The molecule has 8 amide bonds. The fourth-order valence-corrected chi connectivity index (χ4v) is 13.4. The monoisotopic (exact) mass is 1340 g/mol. The standard InChI is InChI=1S/C58H105IN10O15S/c1-16-19-20-22-34(7)47(61-12)54(78)66-46(32(4)5)56(80)68(13)49(33(6)18-3)41(83-14)28-44(72)69-27-21-23-40(69)50(84-15)36(9)51(75)67-48(37(10)70)55(79)65-38(24-25-45(73)74)53(77)63-35(8)31-62-52(76)39(30-60)64-43(71)29-42(57(81)82)85-58(11,59)26-17-2/h32-42,46-50,61,70H,16-31,60H2,1-15H3,(H,62,76)(H,63,77)(H,64,71)(H,65,79)(H,66,78)(H,67,75)(H,73,74)(H,81,82)/t33-,34?,35+,36+,37?,38-,39-,40-,41+,42?,46-,47-,48-,49-,50?,58?/m0/s1. The van der Waals surface area contributed by atoms with Crippen LogP contribution >= 0.6 is 34.4 Å². The molecule has 0 bridgehead atoms. The summed E-state index contributed by atoms with van der Waals surface area (Å²) >= 11 is 3.28. The molecule has 1 aliphatic rings. The highest BCUT2D eigenvalue weighted by Gasteiger charge is 2.44. The van der Waals surface area contributed by atoms with Crippen LogP contribution in [0, 0.1) is 23.7 Å². The number of carboxylic acids is 2. The zero-order valence-electron chi connectivity index (χ0n) is 53.0. The van der Waals surface area contributed by atoms with E-state index in [9.17, 15) is 63.3 Å². The molecule has 16 atom stereocenters. The molecule has 1 fully saturated rings. The average molecular weight is 1340 g/mol. The van der Waals surface area contributed by atoms with Crippen LogP contribution in [0.3, 0.4) is 0 Å². The molecule has 0 radical (unpaired) electrons. The number of carboxylic acid groups (broad SMARTS) is 2. The summed E-state index contributed by atoms with van der Waals surface area (Å²) in [6.45, 7) is 19.7. The average Bonchev–Trinajstić information content (AvgIpc) is 4.22. The molecular formula is C58H105IN10O15S. The number of halogens is 1. The van der Waals surface area contributed by atoms with Gasteiger partial charge in [-0.3, -0.25) is 47.9 Å². The van der Waals surface area contributed by atoms with Gasteiger partial charge in [-0.05, 0) is 77.7 Å². The Morgan fingerprint density at radius 1 is 0.765 bits per heavy atom. The first-order valence-corrected chi connectivity index (χ1v) is 32.0. The number of nitrogens with one attached hydrogen (secondary N) is 7. The molecule has 12 N–H and O–H groups in total. The second kappa shape index (κ2) is 39.5. The number of ether oxygens (including phenoxy) is 2. The van der Waals surface area contributed by atoms with Crippen LogP contribution in [0.5, 0.6) is 0 Å². The number of aliphatic carboxylic acids is 2. The third-order valence-corrected chi connectivity index (χ3v) is 18.5. The third-order valence-electron chi connectivity index (χ3n) is 15.8. The number of nitrogens with two attached hydrogens (primary N) is 1. The van der Waals surface area contributed by atoms with Crippen LogP contribution in [0.2, 0.25) is 0 Å². The van der Waals surface area contributed by atoms with Crippen LogP contribution in [0.1, 0.15) is 160 Å². The first kappa shape index (κ1) is 78.6. The lowest BCUT2D eigenvalue weighted by molar-refractivity contribution is -0.148. The summed E-state index contributed by atoms with van der Waals surface area (Å²) < 4.78 is 11.5. The van der Waals surface area contributed by atoms with Crippen LogP contribution in [-0.2, 0) is 57.4 Å². The lowest BCUT2D eigenvalue weighted by atomic mass is 9.89. The number of aliphatic hydroxyl groups excluding tert-OH is 1. The SMILES string of the molecule is CCCCCC(C)[C@H](NC)C(=O)N[C@H](C(=O)N(C)[C@@H]([C@@H](C)CC)[C@@H](CC(=O)N1CCC[C@H]1C(OC)[C@@H](C)C(=O)N[C@H](C(=O)N[C@@H](CCC(=O)O)C(=O)N[C@H](C)CNC(=O)[C@H](CN)NC(=O)CC(SC(C)(I)CCC)C(=O)O)C(C)O)OC)C(C)C. The number of likely N-dealkylation sites (tertiary alicyclic amines) is 1. The molecule has 1 heterocycles. The Kier molecular flexibility index (Phi) is 36.5. The normalized spacial score (nSPS) is 19.1. The first-order valence-electron chi connectivity index (χ1n) is 30.1. The zero-order chi connectivity index (χ0) is 65.1. The topological polar surface area (TPSA) is 367 Å². The van der Waals surface area contributed by atoms with Gasteiger partial charge in [-0.1, -0.05) is 110 Å². The minimum atomic E-state index is -1.66. The van der Waals surface area contributed by atoms with E-state index in [1.165, 1.54) is 28.1 Å². The van der Waals surface area contributed by atoms with E-state index in [1.807, 2.05) is 48.5 Å². The number of carbonyl (C=O) groups is 10. The molecular weight excluding hydrogens is 1240 g/mol. The van der Waals surface area contributed by atoms with Gasteiger partial charge in [0.05, 0.1) is 51.5 Å². The van der Waals surface area contributed by atoms with E-state index in [-0.39, 0.29) is 55.0 Å². The van der Waals surface area contributed by atoms with Gasteiger partial charge in [-0.2, -0.15) is 0 Å². The van der Waals surface area contributed by atoms with Crippen molar-refractivity contribution in [2.24, 2.45) is 29.4 Å². The van der Waals surface area contributed by atoms with Crippen molar-refractivity contribution in [3.63, 3.8) is 0 Å². The zero-order valence-corrected chi connectivity index (χ0v) is 56.0. The van der Waals surface area contributed by atoms with Gasteiger partial charge in [0.25, 0.3) is 0 Å². The van der Waals surface area contributed by atoms with E-state index in [1.54, 1.807) is 30.8 Å². The summed E-state index contributed by atoms with van der Waals surface area (Å²) in [6.07, 6.45) is 2.35. The lowest BCUT2D eigenvalue weighted by Gasteiger charge is -2.41. The Labute approximate surface area is 522 Å². The van der Waals surface area contributed by atoms with Crippen LogP contribution in [-0.4, -0.2) is 207 Å². The molecule has 0 spiro atoms. The number of methoxy groups -OCH3 is 2. The van der Waals surface area contributed by atoms with E-state index < -0.39 is 141 Å². The Morgan fingerprint density at radius 3 is 1.91 bits per heavy atom. The molecule has 1 rings (SSSR count). The number of nitrogens with zero attached hydrogens (tertiary/aromatic N) is 2. The molecule has 25 nitrogen and oxygen atoms in total. The van der Waals surface area contributed by atoms with Crippen LogP contribution < -0.4 is 43.0 Å². The van der Waals surface area contributed by atoms with E-state index in [4.69, 9.17) is 15.2 Å². The quantitative estimate of drug-likeness (QED) is 0.0238. The molecule has 0 aromatic rings. The van der Waals surface area contributed by atoms with Gasteiger partial charge >= 0.3 is 11.9 Å². The highest BCUT2D eigenvalue weighted by molar-refractivity contribution is 14.1. The Morgan fingerprint density at radius 2 is 1.39 bits per heavy atom. The van der Waals surface area contributed by atoms with Crippen molar-refractivity contribution in [1.29, 1.82) is 0 Å². The second-order valence-corrected chi connectivity index (χ2v) is 28.1. The summed E-state index contributed by atoms with van der Waals surface area (Å²) in [5.74, 6) is -8.82. The minimum Gasteiger partial charge on any atom is -0.481 e.